The number of thioether (sulfide) groups is 1. The monoisotopic (exact) mass is 286 g/mol. The zero-order valence-corrected chi connectivity index (χ0v) is 13.5. The predicted octanol–water partition coefficient (Wildman–Crippen LogP) is 2.79. The molecule has 0 saturated heterocycles. The van der Waals surface area contributed by atoms with Crippen molar-refractivity contribution < 1.29 is 4.79 Å². The largest absolute Gasteiger partial charge is 0.351 e. The molecule has 0 aliphatic heterocycles. The average molecular weight is 286 g/mol. The summed E-state index contributed by atoms with van der Waals surface area (Å²) in [5.41, 5.74) is 5.88. The molecule has 1 fully saturated rings. The SMILES string of the molecule is CCSC(C(=O)NC(CN)C1CCCCC1)C(C)C. The molecule has 19 heavy (non-hydrogen) atoms. The summed E-state index contributed by atoms with van der Waals surface area (Å²) in [4.78, 5) is 12.4. The summed E-state index contributed by atoms with van der Waals surface area (Å²) >= 11 is 1.74. The van der Waals surface area contributed by atoms with Crippen LogP contribution in [0.15, 0.2) is 0 Å². The van der Waals surface area contributed by atoms with Gasteiger partial charge in [0.05, 0.1) is 5.25 Å². The predicted molar refractivity (Wildman–Crippen MR) is 84.3 cm³/mol. The number of carbonyl (C=O) groups excluding carboxylic acids is 1. The number of hydrogen-bond donors (Lipinski definition) is 2. The van der Waals surface area contributed by atoms with Crippen molar-refractivity contribution in [1.82, 2.24) is 5.32 Å². The van der Waals surface area contributed by atoms with Crippen LogP contribution in [-0.2, 0) is 4.79 Å². The molecule has 3 nitrogen and oxygen atoms in total. The Morgan fingerprint density at radius 3 is 2.42 bits per heavy atom. The molecule has 1 amide bonds. The summed E-state index contributed by atoms with van der Waals surface area (Å²) in [6.45, 7) is 6.91. The molecule has 0 radical (unpaired) electrons. The van der Waals surface area contributed by atoms with Crippen LogP contribution in [0.4, 0.5) is 0 Å². The van der Waals surface area contributed by atoms with E-state index in [0.717, 1.165) is 5.75 Å². The second-order valence-electron chi connectivity index (χ2n) is 5.87. The van der Waals surface area contributed by atoms with Crippen molar-refractivity contribution in [2.75, 3.05) is 12.3 Å². The molecular formula is C15H30N2OS. The summed E-state index contributed by atoms with van der Waals surface area (Å²) < 4.78 is 0. The van der Waals surface area contributed by atoms with Crippen molar-refractivity contribution >= 4 is 17.7 Å². The van der Waals surface area contributed by atoms with Gasteiger partial charge in [-0.2, -0.15) is 0 Å². The average Bonchev–Trinajstić information content (AvgIpc) is 2.42. The van der Waals surface area contributed by atoms with E-state index in [9.17, 15) is 4.79 Å². The van der Waals surface area contributed by atoms with Crippen molar-refractivity contribution in [2.45, 2.75) is 64.2 Å². The molecular weight excluding hydrogens is 256 g/mol. The van der Waals surface area contributed by atoms with Crippen molar-refractivity contribution in [3.63, 3.8) is 0 Å². The molecule has 2 unspecified atom stereocenters. The lowest BCUT2D eigenvalue weighted by atomic mass is 9.84. The minimum absolute atomic E-state index is 0.0580. The number of nitrogens with one attached hydrogen (secondary N) is 1. The van der Waals surface area contributed by atoms with E-state index >= 15 is 0 Å². The van der Waals surface area contributed by atoms with Gasteiger partial charge in [0, 0.05) is 12.6 Å². The first-order valence-electron chi connectivity index (χ1n) is 7.72. The third kappa shape index (κ3) is 5.35. The molecule has 1 rings (SSSR count). The summed E-state index contributed by atoms with van der Waals surface area (Å²) in [7, 11) is 0. The van der Waals surface area contributed by atoms with E-state index in [1.165, 1.54) is 32.1 Å². The van der Waals surface area contributed by atoms with Crippen LogP contribution >= 0.6 is 11.8 Å². The van der Waals surface area contributed by atoms with Crippen molar-refractivity contribution in [2.24, 2.45) is 17.6 Å². The first-order valence-corrected chi connectivity index (χ1v) is 8.77. The van der Waals surface area contributed by atoms with Gasteiger partial charge in [-0.05, 0) is 30.4 Å². The summed E-state index contributed by atoms with van der Waals surface area (Å²) in [6, 6.07) is 0.173. The van der Waals surface area contributed by atoms with Gasteiger partial charge in [-0.25, -0.2) is 0 Å². The van der Waals surface area contributed by atoms with Gasteiger partial charge in [-0.3, -0.25) is 4.79 Å². The van der Waals surface area contributed by atoms with E-state index in [1.807, 2.05) is 0 Å². The molecule has 0 aromatic heterocycles. The molecule has 1 aliphatic carbocycles. The highest BCUT2D eigenvalue weighted by Crippen LogP contribution is 2.27. The molecule has 1 saturated carbocycles. The van der Waals surface area contributed by atoms with E-state index in [4.69, 9.17) is 5.73 Å². The van der Waals surface area contributed by atoms with E-state index in [0.29, 0.717) is 18.4 Å². The highest BCUT2D eigenvalue weighted by Gasteiger charge is 2.28. The van der Waals surface area contributed by atoms with Gasteiger partial charge in [0.15, 0.2) is 0 Å². The lowest BCUT2D eigenvalue weighted by Crippen LogP contribution is -2.49. The zero-order valence-electron chi connectivity index (χ0n) is 12.7. The molecule has 2 atom stereocenters. The number of hydrogen-bond acceptors (Lipinski definition) is 3. The lowest BCUT2D eigenvalue weighted by molar-refractivity contribution is -0.122. The fourth-order valence-electron chi connectivity index (χ4n) is 2.92. The zero-order chi connectivity index (χ0) is 14.3. The lowest BCUT2D eigenvalue weighted by Gasteiger charge is -2.31. The van der Waals surface area contributed by atoms with E-state index in [-0.39, 0.29) is 17.2 Å². The van der Waals surface area contributed by atoms with Gasteiger partial charge in [0.2, 0.25) is 5.91 Å². The topological polar surface area (TPSA) is 55.1 Å². The van der Waals surface area contributed by atoms with E-state index in [1.54, 1.807) is 11.8 Å². The summed E-state index contributed by atoms with van der Waals surface area (Å²) in [6.07, 6.45) is 6.34. The fourth-order valence-corrected chi connectivity index (χ4v) is 3.88. The number of rotatable bonds is 7. The van der Waals surface area contributed by atoms with Gasteiger partial charge in [0.25, 0.3) is 0 Å². The summed E-state index contributed by atoms with van der Waals surface area (Å²) in [5, 5.41) is 3.28. The minimum atomic E-state index is 0.0580. The van der Waals surface area contributed by atoms with Crippen LogP contribution in [0, 0.1) is 11.8 Å². The second-order valence-corrected chi connectivity index (χ2v) is 7.29. The Bertz CT molecular complexity index is 265. The van der Waals surface area contributed by atoms with E-state index < -0.39 is 0 Å². The van der Waals surface area contributed by atoms with Crippen LogP contribution in [0.3, 0.4) is 0 Å². The van der Waals surface area contributed by atoms with Crippen LogP contribution in [0.1, 0.15) is 52.9 Å². The van der Waals surface area contributed by atoms with Crippen molar-refractivity contribution in [3.8, 4) is 0 Å². The minimum Gasteiger partial charge on any atom is -0.351 e. The van der Waals surface area contributed by atoms with Crippen LogP contribution in [-0.4, -0.2) is 29.5 Å². The fraction of sp³-hybridized carbons (Fsp3) is 0.933. The maximum atomic E-state index is 12.4. The smallest absolute Gasteiger partial charge is 0.233 e. The maximum Gasteiger partial charge on any atom is 0.233 e. The Balaban J connectivity index is 2.55. The van der Waals surface area contributed by atoms with E-state index in [2.05, 4.69) is 26.1 Å². The third-order valence-electron chi connectivity index (χ3n) is 4.01. The number of amides is 1. The molecule has 0 heterocycles. The third-order valence-corrected chi connectivity index (χ3v) is 5.46. The molecule has 0 bridgehead atoms. The second kappa shape index (κ2) is 8.85. The van der Waals surface area contributed by atoms with Crippen LogP contribution < -0.4 is 11.1 Å². The quantitative estimate of drug-likeness (QED) is 0.756. The van der Waals surface area contributed by atoms with Crippen LogP contribution in [0.25, 0.3) is 0 Å². The van der Waals surface area contributed by atoms with Crippen molar-refractivity contribution in [1.29, 1.82) is 0 Å². The number of nitrogens with two attached hydrogens (primary N) is 1. The molecule has 0 aromatic carbocycles. The maximum absolute atomic E-state index is 12.4. The van der Waals surface area contributed by atoms with Gasteiger partial charge in [-0.15, -0.1) is 11.8 Å². The Kier molecular flexibility index (Phi) is 7.84. The Morgan fingerprint density at radius 2 is 1.95 bits per heavy atom. The van der Waals surface area contributed by atoms with Crippen LogP contribution in [0.5, 0.6) is 0 Å². The normalized spacial score (nSPS) is 20.3. The molecule has 0 spiro atoms. The molecule has 3 N–H and O–H groups in total. The Labute approximate surface area is 122 Å². The highest BCUT2D eigenvalue weighted by atomic mass is 32.2. The molecule has 1 aliphatic rings. The first-order chi connectivity index (χ1) is 9.10. The summed E-state index contributed by atoms with van der Waals surface area (Å²) in [5.74, 6) is 2.12. The number of carbonyl (C=O) groups is 1. The van der Waals surface area contributed by atoms with Crippen molar-refractivity contribution in [3.05, 3.63) is 0 Å². The van der Waals surface area contributed by atoms with Gasteiger partial charge in [-0.1, -0.05) is 40.0 Å². The molecule has 0 aromatic rings. The molecule has 4 heteroatoms. The van der Waals surface area contributed by atoms with Gasteiger partial charge >= 0.3 is 0 Å². The van der Waals surface area contributed by atoms with Gasteiger partial charge < -0.3 is 11.1 Å². The Hall–Kier alpha value is -0.220. The highest BCUT2D eigenvalue weighted by molar-refractivity contribution is 8.00. The Morgan fingerprint density at radius 1 is 1.32 bits per heavy atom. The van der Waals surface area contributed by atoms with Gasteiger partial charge in [0.1, 0.15) is 0 Å². The standard InChI is InChI=1S/C15H30N2OS/c1-4-19-14(11(2)3)15(18)17-13(10-16)12-8-6-5-7-9-12/h11-14H,4-10,16H2,1-3H3,(H,17,18). The molecule has 112 valence electrons. The first kappa shape index (κ1) is 16.8. The van der Waals surface area contributed by atoms with Crippen LogP contribution in [0.2, 0.25) is 0 Å².